The maximum atomic E-state index is 13.5. The van der Waals surface area contributed by atoms with Gasteiger partial charge in [0.1, 0.15) is 6.61 Å². The molecule has 2 heterocycles. The van der Waals surface area contributed by atoms with Gasteiger partial charge >= 0.3 is 0 Å². The molecule has 1 aliphatic carbocycles. The Morgan fingerprint density at radius 3 is 2.44 bits per heavy atom. The van der Waals surface area contributed by atoms with Crippen molar-refractivity contribution >= 4 is 5.91 Å². The molecule has 0 N–H and O–H groups in total. The first kappa shape index (κ1) is 25.1. The van der Waals surface area contributed by atoms with Gasteiger partial charge in [-0.05, 0) is 79.3 Å². The van der Waals surface area contributed by atoms with Gasteiger partial charge in [-0.3, -0.25) is 9.69 Å². The number of rotatable bonds is 7. The molecule has 2 aromatic rings. The van der Waals surface area contributed by atoms with Crippen LogP contribution in [-0.2, 0) is 17.9 Å². The Labute approximate surface area is 216 Å². The van der Waals surface area contributed by atoms with E-state index in [0.717, 1.165) is 62.5 Å². The van der Waals surface area contributed by atoms with Crippen molar-refractivity contribution in [3.63, 3.8) is 0 Å². The van der Waals surface area contributed by atoms with Gasteiger partial charge in [-0.15, -0.1) is 0 Å². The lowest BCUT2D eigenvalue weighted by atomic mass is 9.65. The zero-order valence-corrected chi connectivity index (χ0v) is 22.5. The number of likely N-dealkylation sites (tertiary alicyclic amines) is 2. The van der Waals surface area contributed by atoms with E-state index in [2.05, 4.69) is 54.8 Å². The third kappa shape index (κ3) is 5.56. The molecule has 2 bridgehead atoms. The van der Waals surface area contributed by atoms with Crippen molar-refractivity contribution in [2.75, 3.05) is 26.7 Å². The summed E-state index contributed by atoms with van der Waals surface area (Å²) in [6.07, 6.45) is 5.49. The Bertz CT molecular complexity index is 1060. The summed E-state index contributed by atoms with van der Waals surface area (Å²) in [6.45, 7) is 11.4. The number of nitrogens with zero attached hydrogens (tertiary/aromatic N) is 2. The molecule has 0 aromatic heterocycles. The Morgan fingerprint density at radius 2 is 1.72 bits per heavy atom. The van der Waals surface area contributed by atoms with Gasteiger partial charge in [-0.25, -0.2) is 0 Å². The van der Waals surface area contributed by atoms with Crippen LogP contribution in [0, 0.1) is 16.7 Å². The van der Waals surface area contributed by atoms with E-state index in [1.165, 1.54) is 18.4 Å². The Kier molecular flexibility index (Phi) is 7.04. The number of hydrogen-bond donors (Lipinski definition) is 0. The molecule has 2 atom stereocenters. The second kappa shape index (κ2) is 10.1. The largest absolute Gasteiger partial charge is 0.493 e. The fraction of sp³-hybridized carbons (Fsp3) is 0.581. The molecular weight excluding hydrogens is 448 g/mol. The van der Waals surface area contributed by atoms with Crippen molar-refractivity contribution in [3.8, 4) is 11.5 Å². The zero-order valence-electron chi connectivity index (χ0n) is 22.5. The number of hydrogen-bond acceptors (Lipinski definition) is 4. The lowest BCUT2D eigenvalue weighted by Crippen LogP contribution is -2.44. The molecule has 2 saturated heterocycles. The molecule has 5 nitrogen and oxygen atoms in total. The number of piperidine rings is 1. The van der Waals surface area contributed by atoms with Crippen LogP contribution in [-0.4, -0.2) is 48.5 Å². The van der Waals surface area contributed by atoms with E-state index < -0.39 is 0 Å². The van der Waals surface area contributed by atoms with Crippen LogP contribution in [0.25, 0.3) is 0 Å². The maximum absolute atomic E-state index is 13.5. The minimum absolute atomic E-state index is 0.176. The number of benzene rings is 2. The molecule has 1 saturated carbocycles. The summed E-state index contributed by atoms with van der Waals surface area (Å²) in [4.78, 5) is 18.3. The Balaban J connectivity index is 1.14. The molecule has 0 spiro atoms. The predicted molar refractivity (Wildman–Crippen MR) is 143 cm³/mol. The lowest BCUT2D eigenvalue weighted by molar-refractivity contribution is -0.138. The average Bonchev–Trinajstić information content (AvgIpc) is 3.12. The van der Waals surface area contributed by atoms with Gasteiger partial charge in [0.15, 0.2) is 11.5 Å². The van der Waals surface area contributed by atoms with Gasteiger partial charge in [-0.1, -0.05) is 57.2 Å². The average molecular weight is 491 g/mol. The van der Waals surface area contributed by atoms with Gasteiger partial charge in [0, 0.05) is 25.0 Å². The molecule has 0 unspecified atom stereocenters. The second-order valence-corrected chi connectivity index (χ2v) is 12.5. The molecule has 36 heavy (non-hydrogen) atoms. The van der Waals surface area contributed by atoms with Crippen molar-refractivity contribution < 1.29 is 14.3 Å². The molecule has 3 fully saturated rings. The first-order chi connectivity index (χ1) is 17.2. The summed E-state index contributed by atoms with van der Waals surface area (Å²) in [5, 5.41) is 0. The topological polar surface area (TPSA) is 42.0 Å². The molecular formula is C31H42N2O3. The highest BCUT2D eigenvalue weighted by atomic mass is 16.5. The maximum Gasteiger partial charge on any atom is 0.226 e. The number of amides is 1. The van der Waals surface area contributed by atoms with E-state index in [1.807, 2.05) is 24.3 Å². The summed E-state index contributed by atoms with van der Waals surface area (Å²) >= 11 is 0. The van der Waals surface area contributed by atoms with Crippen molar-refractivity contribution in [3.05, 3.63) is 59.7 Å². The molecule has 194 valence electrons. The highest BCUT2D eigenvalue weighted by molar-refractivity contribution is 5.79. The highest BCUT2D eigenvalue weighted by Crippen LogP contribution is 2.53. The minimum Gasteiger partial charge on any atom is -0.493 e. The molecule has 0 radical (unpaired) electrons. The van der Waals surface area contributed by atoms with Crippen LogP contribution in [0.3, 0.4) is 0 Å². The monoisotopic (exact) mass is 490 g/mol. The number of methoxy groups -OCH3 is 1. The van der Waals surface area contributed by atoms with E-state index >= 15 is 0 Å². The van der Waals surface area contributed by atoms with Crippen LogP contribution in [0.5, 0.6) is 11.5 Å². The van der Waals surface area contributed by atoms with E-state index in [9.17, 15) is 4.79 Å². The van der Waals surface area contributed by atoms with Gasteiger partial charge in [0.2, 0.25) is 5.91 Å². The van der Waals surface area contributed by atoms with Crippen LogP contribution in [0.4, 0.5) is 0 Å². The molecule has 5 rings (SSSR count). The van der Waals surface area contributed by atoms with E-state index in [4.69, 9.17) is 9.47 Å². The number of fused-ring (bicyclic) bond motifs is 2. The van der Waals surface area contributed by atoms with Crippen molar-refractivity contribution in [1.82, 2.24) is 9.80 Å². The van der Waals surface area contributed by atoms with Gasteiger partial charge in [-0.2, -0.15) is 0 Å². The molecule has 5 heteroatoms. The number of ether oxygens (including phenoxy) is 2. The van der Waals surface area contributed by atoms with Crippen LogP contribution in [0.2, 0.25) is 0 Å². The number of carbonyl (C=O) groups is 1. The first-order valence-corrected chi connectivity index (χ1v) is 13.6. The van der Waals surface area contributed by atoms with Gasteiger partial charge in [0.05, 0.1) is 7.11 Å². The summed E-state index contributed by atoms with van der Waals surface area (Å²) in [5.41, 5.74) is 3.00. The van der Waals surface area contributed by atoms with Crippen LogP contribution in [0.1, 0.15) is 64.0 Å². The summed E-state index contributed by atoms with van der Waals surface area (Å²) in [5.74, 6) is 2.13. The van der Waals surface area contributed by atoms with Gasteiger partial charge in [0.25, 0.3) is 0 Å². The van der Waals surface area contributed by atoms with E-state index in [1.54, 1.807) is 7.11 Å². The summed E-state index contributed by atoms with van der Waals surface area (Å²) < 4.78 is 11.6. The van der Waals surface area contributed by atoms with Crippen LogP contribution >= 0.6 is 0 Å². The van der Waals surface area contributed by atoms with Crippen LogP contribution in [0.15, 0.2) is 48.5 Å². The zero-order chi connectivity index (χ0) is 25.3. The van der Waals surface area contributed by atoms with Crippen molar-refractivity contribution in [2.24, 2.45) is 16.7 Å². The summed E-state index contributed by atoms with van der Waals surface area (Å²) in [7, 11) is 1.69. The Morgan fingerprint density at radius 1 is 0.972 bits per heavy atom. The highest BCUT2D eigenvalue weighted by Gasteiger charge is 2.51. The molecule has 1 amide bonds. The van der Waals surface area contributed by atoms with E-state index in [0.29, 0.717) is 29.4 Å². The third-order valence-corrected chi connectivity index (χ3v) is 8.51. The predicted octanol–water partition coefficient (Wildman–Crippen LogP) is 5.91. The van der Waals surface area contributed by atoms with Gasteiger partial charge < -0.3 is 14.4 Å². The summed E-state index contributed by atoms with van der Waals surface area (Å²) in [6, 6.07) is 16.9. The van der Waals surface area contributed by atoms with Crippen molar-refractivity contribution in [1.29, 1.82) is 0 Å². The molecule has 2 aromatic carbocycles. The fourth-order valence-corrected chi connectivity index (χ4v) is 7.21. The smallest absolute Gasteiger partial charge is 0.226 e. The SMILES string of the molecule is COc1cc(CN2CCC(C(=O)N3C[C@]4(C)C[C@@H]3CC(C)(C)C4)CC2)ccc1OCc1ccccc1. The molecule has 2 aliphatic heterocycles. The van der Waals surface area contributed by atoms with E-state index in [-0.39, 0.29) is 5.92 Å². The fourth-order valence-electron chi connectivity index (χ4n) is 7.21. The third-order valence-electron chi connectivity index (χ3n) is 8.51. The number of carbonyl (C=O) groups excluding carboxylic acids is 1. The standard InChI is InChI=1S/C31H42N2O3/c1-30(2)17-26-18-31(3,21-30)22-33(26)29(34)25-12-14-32(15-13-25)19-24-10-11-27(28(16-24)35-4)36-20-23-8-6-5-7-9-23/h5-11,16,25-26H,12-15,17-22H2,1-4H3/t26-,31+/m0/s1. The quantitative estimate of drug-likeness (QED) is 0.484. The van der Waals surface area contributed by atoms with Crippen LogP contribution < -0.4 is 9.47 Å². The van der Waals surface area contributed by atoms with Crippen molar-refractivity contribution in [2.45, 2.75) is 72.1 Å². The normalized spacial score (nSPS) is 26.1. The Hall–Kier alpha value is -2.53. The minimum atomic E-state index is 0.176. The molecule has 3 aliphatic rings. The second-order valence-electron chi connectivity index (χ2n) is 12.5. The lowest BCUT2D eigenvalue weighted by Gasteiger charge is -2.40. The first-order valence-electron chi connectivity index (χ1n) is 13.6.